The number of hydrogen-bond acceptors (Lipinski definition) is 2. The summed E-state index contributed by atoms with van der Waals surface area (Å²) in [6.07, 6.45) is 1.82. The molecule has 0 aliphatic heterocycles. The SMILES string of the molecule is Cc1c(I)cccc1NCc1ccccn1. The molecule has 1 N–H and O–H groups in total. The molecule has 3 heteroatoms. The number of nitrogens with zero attached hydrogens (tertiary/aromatic N) is 1. The standard InChI is InChI=1S/C13H13IN2/c1-10-12(14)6-4-7-13(10)16-9-11-5-2-3-8-15-11/h2-8,16H,9H2,1H3. The fourth-order valence-corrected chi connectivity index (χ4v) is 1.99. The summed E-state index contributed by atoms with van der Waals surface area (Å²) >= 11 is 2.35. The van der Waals surface area contributed by atoms with Crippen LogP contribution in [-0.4, -0.2) is 4.98 Å². The lowest BCUT2D eigenvalue weighted by Gasteiger charge is -2.10. The Kier molecular flexibility index (Phi) is 3.77. The highest BCUT2D eigenvalue weighted by Crippen LogP contribution is 2.20. The van der Waals surface area contributed by atoms with E-state index in [1.165, 1.54) is 14.8 Å². The molecule has 0 aliphatic rings. The van der Waals surface area contributed by atoms with Crippen molar-refractivity contribution in [3.8, 4) is 0 Å². The van der Waals surface area contributed by atoms with Gasteiger partial charge in [0.25, 0.3) is 0 Å². The zero-order valence-electron chi connectivity index (χ0n) is 9.07. The molecule has 0 saturated heterocycles. The van der Waals surface area contributed by atoms with E-state index in [4.69, 9.17) is 0 Å². The van der Waals surface area contributed by atoms with Gasteiger partial charge in [-0.05, 0) is 59.3 Å². The molecule has 0 bridgehead atoms. The van der Waals surface area contributed by atoms with Gasteiger partial charge in [0.15, 0.2) is 0 Å². The molecule has 2 aromatic rings. The Bertz CT molecular complexity index is 469. The summed E-state index contributed by atoms with van der Waals surface area (Å²) in [5.74, 6) is 0. The monoisotopic (exact) mass is 324 g/mol. The maximum atomic E-state index is 4.28. The largest absolute Gasteiger partial charge is 0.379 e. The molecule has 2 rings (SSSR count). The molecule has 0 saturated carbocycles. The first-order chi connectivity index (χ1) is 7.77. The van der Waals surface area contributed by atoms with Crippen LogP contribution >= 0.6 is 22.6 Å². The van der Waals surface area contributed by atoms with Crippen molar-refractivity contribution in [3.05, 3.63) is 57.4 Å². The number of anilines is 1. The van der Waals surface area contributed by atoms with E-state index in [-0.39, 0.29) is 0 Å². The highest BCUT2D eigenvalue weighted by molar-refractivity contribution is 14.1. The minimum Gasteiger partial charge on any atom is -0.379 e. The molecule has 0 unspecified atom stereocenters. The van der Waals surface area contributed by atoms with Gasteiger partial charge in [-0.25, -0.2) is 0 Å². The summed E-state index contributed by atoms with van der Waals surface area (Å²) in [4.78, 5) is 4.28. The molecule has 0 amide bonds. The van der Waals surface area contributed by atoms with Crippen molar-refractivity contribution in [2.75, 3.05) is 5.32 Å². The van der Waals surface area contributed by atoms with E-state index >= 15 is 0 Å². The third kappa shape index (κ3) is 2.72. The summed E-state index contributed by atoms with van der Waals surface area (Å²) in [6.45, 7) is 2.89. The first-order valence-electron chi connectivity index (χ1n) is 5.16. The third-order valence-corrected chi connectivity index (χ3v) is 3.62. The van der Waals surface area contributed by atoms with Crippen LogP contribution in [0.3, 0.4) is 0 Å². The number of hydrogen-bond donors (Lipinski definition) is 1. The number of pyridine rings is 1. The second-order valence-corrected chi connectivity index (χ2v) is 4.75. The van der Waals surface area contributed by atoms with E-state index in [9.17, 15) is 0 Å². The van der Waals surface area contributed by atoms with Crippen LogP contribution in [0.2, 0.25) is 0 Å². The Morgan fingerprint density at radius 2 is 2.06 bits per heavy atom. The van der Waals surface area contributed by atoms with E-state index in [2.05, 4.69) is 58.0 Å². The molecular weight excluding hydrogens is 311 g/mol. The maximum Gasteiger partial charge on any atom is 0.0594 e. The van der Waals surface area contributed by atoms with Gasteiger partial charge in [0, 0.05) is 15.5 Å². The van der Waals surface area contributed by atoms with Crippen LogP contribution in [-0.2, 0) is 6.54 Å². The Balaban J connectivity index is 2.08. The Morgan fingerprint density at radius 1 is 1.19 bits per heavy atom. The smallest absolute Gasteiger partial charge is 0.0594 e. The van der Waals surface area contributed by atoms with Gasteiger partial charge in [0.1, 0.15) is 0 Å². The fraction of sp³-hybridized carbons (Fsp3) is 0.154. The summed E-state index contributed by atoms with van der Waals surface area (Å²) in [5, 5.41) is 3.40. The second-order valence-electron chi connectivity index (χ2n) is 3.59. The summed E-state index contributed by atoms with van der Waals surface area (Å²) in [6, 6.07) is 12.2. The van der Waals surface area contributed by atoms with Gasteiger partial charge in [-0.1, -0.05) is 12.1 Å². The number of aromatic nitrogens is 1. The molecule has 1 aromatic carbocycles. The predicted molar refractivity (Wildman–Crippen MR) is 75.5 cm³/mol. The zero-order chi connectivity index (χ0) is 11.4. The summed E-state index contributed by atoms with van der Waals surface area (Å²) in [5.41, 5.74) is 3.53. The molecule has 82 valence electrons. The Hall–Kier alpha value is -1.10. The normalized spacial score (nSPS) is 10.1. The third-order valence-electron chi connectivity index (χ3n) is 2.45. The van der Waals surface area contributed by atoms with Crippen molar-refractivity contribution in [1.29, 1.82) is 0 Å². The van der Waals surface area contributed by atoms with Crippen molar-refractivity contribution in [1.82, 2.24) is 4.98 Å². The molecule has 0 radical (unpaired) electrons. The van der Waals surface area contributed by atoms with Crippen LogP contribution in [0.4, 0.5) is 5.69 Å². The first kappa shape index (κ1) is 11.4. The molecule has 0 fully saturated rings. The van der Waals surface area contributed by atoms with Crippen molar-refractivity contribution in [2.45, 2.75) is 13.5 Å². The lowest BCUT2D eigenvalue weighted by atomic mass is 10.2. The van der Waals surface area contributed by atoms with E-state index in [0.717, 1.165) is 12.2 Å². The number of nitrogens with one attached hydrogen (secondary N) is 1. The molecule has 2 nitrogen and oxygen atoms in total. The highest BCUT2D eigenvalue weighted by Gasteiger charge is 2.01. The van der Waals surface area contributed by atoms with Gasteiger partial charge in [-0.2, -0.15) is 0 Å². The predicted octanol–water partition coefficient (Wildman–Crippen LogP) is 3.61. The topological polar surface area (TPSA) is 24.9 Å². The average molecular weight is 324 g/mol. The van der Waals surface area contributed by atoms with Crippen LogP contribution in [0.15, 0.2) is 42.6 Å². The summed E-state index contributed by atoms with van der Waals surface area (Å²) in [7, 11) is 0. The van der Waals surface area contributed by atoms with E-state index in [0.29, 0.717) is 0 Å². The summed E-state index contributed by atoms with van der Waals surface area (Å²) < 4.78 is 1.28. The molecular formula is C13H13IN2. The molecule has 1 heterocycles. The van der Waals surface area contributed by atoms with Gasteiger partial charge in [0.2, 0.25) is 0 Å². The van der Waals surface area contributed by atoms with Gasteiger partial charge < -0.3 is 5.32 Å². The van der Waals surface area contributed by atoms with Crippen molar-refractivity contribution >= 4 is 28.3 Å². The van der Waals surface area contributed by atoms with E-state index in [1.54, 1.807) is 0 Å². The van der Waals surface area contributed by atoms with Crippen LogP contribution in [0.1, 0.15) is 11.3 Å². The van der Waals surface area contributed by atoms with E-state index in [1.807, 2.05) is 24.4 Å². The molecule has 16 heavy (non-hydrogen) atoms. The second kappa shape index (κ2) is 5.30. The highest BCUT2D eigenvalue weighted by atomic mass is 127. The number of rotatable bonds is 3. The van der Waals surface area contributed by atoms with Crippen LogP contribution in [0, 0.1) is 10.5 Å². The van der Waals surface area contributed by atoms with Gasteiger partial charge in [0.05, 0.1) is 12.2 Å². The molecule has 0 aliphatic carbocycles. The van der Waals surface area contributed by atoms with Crippen LogP contribution < -0.4 is 5.32 Å². The average Bonchev–Trinajstić information content (AvgIpc) is 2.32. The zero-order valence-corrected chi connectivity index (χ0v) is 11.2. The Labute approximate surface area is 109 Å². The Morgan fingerprint density at radius 3 is 2.81 bits per heavy atom. The maximum absolute atomic E-state index is 4.28. The fourth-order valence-electron chi connectivity index (χ4n) is 1.49. The minimum absolute atomic E-state index is 0.766. The molecule has 1 aromatic heterocycles. The minimum atomic E-state index is 0.766. The lowest BCUT2D eigenvalue weighted by molar-refractivity contribution is 1.04. The van der Waals surface area contributed by atoms with Gasteiger partial charge >= 0.3 is 0 Å². The lowest BCUT2D eigenvalue weighted by Crippen LogP contribution is -2.03. The van der Waals surface area contributed by atoms with Crippen LogP contribution in [0.25, 0.3) is 0 Å². The van der Waals surface area contributed by atoms with Crippen LogP contribution in [0.5, 0.6) is 0 Å². The van der Waals surface area contributed by atoms with E-state index < -0.39 is 0 Å². The molecule has 0 spiro atoms. The van der Waals surface area contributed by atoms with Crippen molar-refractivity contribution in [3.63, 3.8) is 0 Å². The number of halogens is 1. The quantitative estimate of drug-likeness (QED) is 0.873. The van der Waals surface area contributed by atoms with Gasteiger partial charge in [-0.15, -0.1) is 0 Å². The van der Waals surface area contributed by atoms with Gasteiger partial charge in [-0.3, -0.25) is 4.98 Å². The van der Waals surface area contributed by atoms with Crippen molar-refractivity contribution in [2.24, 2.45) is 0 Å². The first-order valence-corrected chi connectivity index (χ1v) is 6.24. The van der Waals surface area contributed by atoms with Crippen molar-refractivity contribution < 1.29 is 0 Å². The number of benzene rings is 1. The molecule has 0 atom stereocenters.